The van der Waals surface area contributed by atoms with Gasteiger partial charge >= 0.3 is 0 Å². The average molecular weight is 244 g/mol. The Morgan fingerprint density at radius 3 is 2.47 bits per heavy atom. The first-order valence-corrected chi connectivity index (χ1v) is 4.76. The van der Waals surface area contributed by atoms with Crippen LogP contribution >= 0.6 is 0 Å². The predicted molar refractivity (Wildman–Crippen MR) is 53.5 cm³/mol. The molecular formula is C11H8F4N2. The van der Waals surface area contributed by atoms with E-state index in [2.05, 4.69) is 5.10 Å². The summed E-state index contributed by atoms with van der Waals surface area (Å²) in [7, 11) is 1.48. The molecule has 0 saturated heterocycles. The second-order valence-corrected chi connectivity index (χ2v) is 3.54. The van der Waals surface area contributed by atoms with Crippen LogP contribution in [-0.2, 0) is 7.05 Å². The standard InChI is InChI=1S/C11H8F4N2/c1-17-5-7(11(14)15)10(16-17)6-2-3-8(12)9(13)4-6/h2-5,11H,1H3. The minimum absolute atomic E-state index is 0.0404. The van der Waals surface area contributed by atoms with Crippen LogP contribution in [0.5, 0.6) is 0 Å². The van der Waals surface area contributed by atoms with Crippen LogP contribution in [0, 0.1) is 11.6 Å². The van der Waals surface area contributed by atoms with Crippen LogP contribution in [-0.4, -0.2) is 9.78 Å². The van der Waals surface area contributed by atoms with Gasteiger partial charge in [0.2, 0.25) is 0 Å². The van der Waals surface area contributed by atoms with E-state index >= 15 is 0 Å². The highest BCUT2D eigenvalue weighted by Crippen LogP contribution is 2.30. The maximum atomic E-state index is 13.0. The van der Waals surface area contributed by atoms with Crippen molar-refractivity contribution in [3.8, 4) is 11.3 Å². The van der Waals surface area contributed by atoms with Crippen molar-refractivity contribution in [1.82, 2.24) is 9.78 Å². The molecule has 0 radical (unpaired) electrons. The fraction of sp³-hybridized carbons (Fsp3) is 0.182. The number of hydrogen-bond acceptors (Lipinski definition) is 1. The van der Waals surface area contributed by atoms with Gasteiger partial charge in [-0.25, -0.2) is 17.6 Å². The first-order chi connectivity index (χ1) is 7.99. The summed E-state index contributed by atoms with van der Waals surface area (Å²) in [5, 5.41) is 3.82. The van der Waals surface area contributed by atoms with E-state index in [1.807, 2.05) is 0 Å². The molecule has 0 N–H and O–H groups in total. The Morgan fingerprint density at radius 1 is 1.18 bits per heavy atom. The molecular weight excluding hydrogens is 236 g/mol. The molecule has 0 aliphatic carbocycles. The van der Waals surface area contributed by atoms with Gasteiger partial charge in [0.25, 0.3) is 6.43 Å². The van der Waals surface area contributed by atoms with Crippen LogP contribution in [0.2, 0.25) is 0 Å². The van der Waals surface area contributed by atoms with Crippen molar-refractivity contribution in [1.29, 1.82) is 0 Å². The number of rotatable bonds is 2. The molecule has 0 amide bonds. The van der Waals surface area contributed by atoms with Gasteiger partial charge in [-0.2, -0.15) is 5.10 Å². The van der Waals surface area contributed by atoms with Gasteiger partial charge in [0.05, 0.1) is 5.56 Å². The molecule has 1 aromatic heterocycles. The van der Waals surface area contributed by atoms with Crippen molar-refractivity contribution in [2.75, 3.05) is 0 Å². The average Bonchev–Trinajstić information content (AvgIpc) is 2.64. The highest BCUT2D eigenvalue weighted by molar-refractivity contribution is 5.63. The molecule has 0 saturated carbocycles. The molecule has 1 aromatic carbocycles. The molecule has 90 valence electrons. The van der Waals surface area contributed by atoms with Crippen molar-refractivity contribution < 1.29 is 17.6 Å². The summed E-state index contributed by atoms with van der Waals surface area (Å²) in [4.78, 5) is 0. The van der Waals surface area contributed by atoms with Gasteiger partial charge in [-0.1, -0.05) is 0 Å². The Labute approximate surface area is 94.5 Å². The van der Waals surface area contributed by atoms with E-state index in [0.717, 1.165) is 18.3 Å². The Morgan fingerprint density at radius 2 is 1.88 bits per heavy atom. The van der Waals surface area contributed by atoms with Crippen molar-refractivity contribution >= 4 is 0 Å². The van der Waals surface area contributed by atoms with Crippen molar-refractivity contribution in [3.63, 3.8) is 0 Å². The van der Waals surface area contributed by atoms with Gasteiger partial charge in [0, 0.05) is 18.8 Å². The van der Waals surface area contributed by atoms with Crippen molar-refractivity contribution in [2.45, 2.75) is 6.43 Å². The van der Waals surface area contributed by atoms with E-state index in [0.29, 0.717) is 0 Å². The fourth-order valence-electron chi connectivity index (χ4n) is 1.53. The number of hydrogen-bond donors (Lipinski definition) is 0. The number of nitrogens with zero attached hydrogens (tertiary/aromatic N) is 2. The van der Waals surface area contributed by atoms with Gasteiger partial charge in [-0.15, -0.1) is 0 Å². The summed E-state index contributed by atoms with van der Waals surface area (Å²) in [5.74, 6) is -2.11. The monoisotopic (exact) mass is 244 g/mol. The molecule has 0 atom stereocenters. The lowest BCUT2D eigenvalue weighted by Crippen LogP contribution is -1.91. The lowest BCUT2D eigenvalue weighted by molar-refractivity contribution is 0.152. The number of aryl methyl sites for hydroxylation is 1. The molecule has 0 bridgehead atoms. The molecule has 0 unspecified atom stereocenters. The zero-order valence-corrected chi connectivity index (χ0v) is 8.79. The summed E-state index contributed by atoms with van der Waals surface area (Å²) >= 11 is 0. The number of benzene rings is 1. The minimum atomic E-state index is -2.72. The second kappa shape index (κ2) is 4.20. The molecule has 6 heteroatoms. The van der Waals surface area contributed by atoms with E-state index in [1.54, 1.807) is 0 Å². The van der Waals surface area contributed by atoms with E-state index in [4.69, 9.17) is 0 Å². The smallest absolute Gasteiger partial charge is 0.267 e. The number of halogens is 4. The third kappa shape index (κ3) is 2.15. The quantitative estimate of drug-likeness (QED) is 0.741. The SMILES string of the molecule is Cn1cc(C(F)F)c(-c2ccc(F)c(F)c2)n1. The summed E-state index contributed by atoms with van der Waals surface area (Å²) < 4.78 is 52.3. The van der Waals surface area contributed by atoms with Crippen LogP contribution in [0.3, 0.4) is 0 Å². The number of aromatic nitrogens is 2. The normalized spacial score (nSPS) is 11.2. The lowest BCUT2D eigenvalue weighted by Gasteiger charge is -2.01. The highest BCUT2D eigenvalue weighted by Gasteiger charge is 2.19. The molecule has 1 heterocycles. The largest absolute Gasteiger partial charge is 0.275 e. The molecule has 0 aliphatic rings. The molecule has 17 heavy (non-hydrogen) atoms. The Bertz CT molecular complexity index is 548. The Balaban J connectivity index is 2.55. The topological polar surface area (TPSA) is 17.8 Å². The van der Waals surface area contributed by atoms with E-state index in [1.165, 1.54) is 17.8 Å². The first kappa shape index (κ1) is 11.6. The van der Waals surface area contributed by atoms with E-state index < -0.39 is 18.1 Å². The maximum Gasteiger partial charge on any atom is 0.267 e. The third-order valence-corrected chi connectivity index (χ3v) is 2.29. The lowest BCUT2D eigenvalue weighted by atomic mass is 10.1. The first-order valence-electron chi connectivity index (χ1n) is 4.76. The second-order valence-electron chi connectivity index (χ2n) is 3.54. The zero-order valence-electron chi connectivity index (χ0n) is 8.79. The Hall–Kier alpha value is -1.85. The van der Waals surface area contributed by atoms with Gasteiger partial charge in [-0.05, 0) is 18.2 Å². The predicted octanol–water partition coefficient (Wildman–Crippen LogP) is 3.30. The highest BCUT2D eigenvalue weighted by atomic mass is 19.3. The summed E-state index contributed by atoms with van der Waals surface area (Å²) in [5.41, 5.74) is -0.222. The van der Waals surface area contributed by atoms with Crippen LogP contribution < -0.4 is 0 Å². The zero-order chi connectivity index (χ0) is 12.6. The number of alkyl halides is 2. The third-order valence-electron chi connectivity index (χ3n) is 2.29. The molecule has 0 spiro atoms. The summed E-state index contributed by atoms with van der Waals surface area (Å²) in [6.45, 7) is 0. The van der Waals surface area contributed by atoms with E-state index in [9.17, 15) is 17.6 Å². The molecule has 0 aliphatic heterocycles. The molecule has 2 aromatic rings. The van der Waals surface area contributed by atoms with E-state index in [-0.39, 0.29) is 16.8 Å². The van der Waals surface area contributed by atoms with Crippen LogP contribution in [0.4, 0.5) is 17.6 Å². The fourth-order valence-corrected chi connectivity index (χ4v) is 1.53. The van der Waals surface area contributed by atoms with Gasteiger partial charge in [0.1, 0.15) is 5.69 Å². The van der Waals surface area contributed by atoms with Crippen LogP contribution in [0.25, 0.3) is 11.3 Å². The molecule has 2 rings (SSSR count). The van der Waals surface area contributed by atoms with Crippen molar-refractivity contribution in [3.05, 3.63) is 41.6 Å². The minimum Gasteiger partial charge on any atom is -0.275 e. The van der Waals surface area contributed by atoms with Crippen molar-refractivity contribution in [2.24, 2.45) is 7.05 Å². The summed E-state index contributed by atoms with van der Waals surface area (Å²) in [6.07, 6.45) is -1.56. The van der Waals surface area contributed by atoms with Gasteiger partial charge in [0.15, 0.2) is 11.6 Å². The van der Waals surface area contributed by atoms with Crippen LogP contribution in [0.15, 0.2) is 24.4 Å². The van der Waals surface area contributed by atoms with Gasteiger partial charge < -0.3 is 0 Å². The summed E-state index contributed by atoms with van der Waals surface area (Å²) in [6, 6.07) is 2.95. The van der Waals surface area contributed by atoms with Gasteiger partial charge in [-0.3, -0.25) is 4.68 Å². The molecule has 0 fully saturated rings. The Kier molecular flexibility index (Phi) is 2.87. The van der Waals surface area contributed by atoms with Crippen LogP contribution in [0.1, 0.15) is 12.0 Å². The maximum absolute atomic E-state index is 13.0. The molecule has 2 nitrogen and oxygen atoms in total.